The summed E-state index contributed by atoms with van der Waals surface area (Å²) in [6, 6.07) is 6.18. The lowest BCUT2D eigenvalue weighted by molar-refractivity contribution is -0.123. The Morgan fingerprint density at radius 2 is 1.74 bits per heavy atom. The third kappa shape index (κ3) is 8.63. The smallest absolute Gasteiger partial charge is 0.410 e. The number of hydrogen-bond donors (Lipinski definition) is 2. The van der Waals surface area contributed by atoms with E-state index in [1.807, 2.05) is 20.8 Å². The number of halogens is 1. The molecule has 0 spiro atoms. The van der Waals surface area contributed by atoms with E-state index in [9.17, 15) is 14.0 Å². The maximum Gasteiger partial charge on any atom is 0.410 e. The second kappa shape index (κ2) is 12.1. The van der Waals surface area contributed by atoms with Crippen molar-refractivity contribution in [2.45, 2.75) is 45.3 Å². The van der Waals surface area contributed by atoms with Crippen molar-refractivity contribution < 1.29 is 18.7 Å². The fourth-order valence-electron chi connectivity index (χ4n) is 4.04. The summed E-state index contributed by atoms with van der Waals surface area (Å²) in [5, 5.41) is 5.16. The summed E-state index contributed by atoms with van der Waals surface area (Å²) in [6.45, 7) is 13.7. The van der Waals surface area contributed by atoms with Crippen molar-refractivity contribution >= 4 is 24.4 Å². The number of piperazine rings is 1. The summed E-state index contributed by atoms with van der Waals surface area (Å²) in [5.41, 5.74) is 4.13. The Bertz CT molecular complexity index is 899. The Labute approximate surface area is 207 Å². The number of nitrogens with zero attached hydrogens (tertiary/aromatic N) is 4. The molecule has 2 fully saturated rings. The number of benzene rings is 1. The van der Waals surface area contributed by atoms with Crippen LogP contribution < -0.4 is 10.7 Å². The molecule has 0 aliphatic carbocycles. The molecule has 2 N–H and O–H groups in total. The van der Waals surface area contributed by atoms with Crippen LogP contribution in [0, 0.1) is 5.82 Å². The van der Waals surface area contributed by atoms with Gasteiger partial charge < -0.3 is 20.4 Å². The van der Waals surface area contributed by atoms with Crippen LogP contribution in [-0.4, -0.2) is 91.0 Å². The summed E-state index contributed by atoms with van der Waals surface area (Å²) >= 11 is 0. The van der Waals surface area contributed by atoms with Crippen LogP contribution in [0.3, 0.4) is 0 Å². The van der Waals surface area contributed by atoms with Gasteiger partial charge in [-0.1, -0.05) is 0 Å². The molecule has 2 amide bonds. The van der Waals surface area contributed by atoms with Crippen molar-refractivity contribution in [2.75, 3.05) is 45.8 Å². The molecular formula is C25H37FN6O3. The van der Waals surface area contributed by atoms with Gasteiger partial charge in [0.25, 0.3) is 0 Å². The minimum absolute atomic E-state index is 0.0106. The Morgan fingerprint density at radius 3 is 2.31 bits per heavy atom. The van der Waals surface area contributed by atoms with E-state index >= 15 is 0 Å². The average Bonchev–Trinajstić information content (AvgIpc) is 2.81. The number of likely N-dealkylation sites (tertiary alicyclic amines) is 1. The lowest BCUT2D eigenvalue weighted by Gasteiger charge is -2.35. The van der Waals surface area contributed by atoms with Gasteiger partial charge in [-0.25, -0.2) is 14.2 Å². The van der Waals surface area contributed by atoms with Gasteiger partial charge >= 0.3 is 6.09 Å². The molecule has 0 unspecified atom stereocenters. The van der Waals surface area contributed by atoms with Crippen molar-refractivity contribution in [2.24, 2.45) is 4.99 Å². The molecule has 2 aliphatic rings. The molecule has 0 radical (unpaired) electrons. The fourth-order valence-corrected chi connectivity index (χ4v) is 4.04. The van der Waals surface area contributed by atoms with Crippen molar-refractivity contribution in [1.82, 2.24) is 25.6 Å². The van der Waals surface area contributed by atoms with E-state index in [0.29, 0.717) is 25.3 Å². The van der Waals surface area contributed by atoms with E-state index in [1.165, 1.54) is 12.1 Å². The van der Waals surface area contributed by atoms with Crippen LogP contribution in [0.5, 0.6) is 0 Å². The van der Waals surface area contributed by atoms with Crippen molar-refractivity contribution in [3.63, 3.8) is 0 Å². The van der Waals surface area contributed by atoms with Gasteiger partial charge in [0, 0.05) is 57.1 Å². The molecule has 3 rings (SSSR count). The first-order chi connectivity index (χ1) is 16.6. The summed E-state index contributed by atoms with van der Waals surface area (Å²) < 4.78 is 18.6. The lowest BCUT2D eigenvalue weighted by Crippen LogP contribution is -2.54. The normalized spacial score (nSPS) is 18.7. The van der Waals surface area contributed by atoms with E-state index < -0.39 is 5.60 Å². The van der Waals surface area contributed by atoms with Crippen LogP contribution in [0.2, 0.25) is 0 Å². The summed E-state index contributed by atoms with van der Waals surface area (Å²) in [5.74, 6) is -0.284. The van der Waals surface area contributed by atoms with Gasteiger partial charge in [0.15, 0.2) is 0 Å². The Kier molecular flexibility index (Phi) is 9.22. The minimum atomic E-state index is -0.509. The molecule has 0 atom stereocenters. The van der Waals surface area contributed by atoms with Gasteiger partial charge in [-0.15, -0.1) is 0 Å². The SMILES string of the molecule is C=N/C(=C\NN1CCN(CC(=O)NC2CCN(C(=O)OC(C)(C)C)CC2)CC1)c1ccc(F)cc1. The van der Waals surface area contributed by atoms with Gasteiger partial charge in [0.1, 0.15) is 11.4 Å². The van der Waals surface area contributed by atoms with Gasteiger partial charge in [-0.2, -0.15) is 0 Å². The highest BCUT2D eigenvalue weighted by Gasteiger charge is 2.28. The number of piperidine rings is 1. The number of hydrazine groups is 1. The number of aliphatic imine (C=N–C) groups is 1. The highest BCUT2D eigenvalue weighted by molar-refractivity contribution is 5.78. The maximum absolute atomic E-state index is 13.1. The first-order valence-electron chi connectivity index (χ1n) is 12.1. The fraction of sp³-hybridized carbons (Fsp3) is 0.560. The molecular weight excluding hydrogens is 451 g/mol. The van der Waals surface area contributed by atoms with E-state index in [-0.39, 0.29) is 23.9 Å². The van der Waals surface area contributed by atoms with Crippen LogP contribution in [0.25, 0.3) is 5.70 Å². The Hall–Kier alpha value is -2.98. The third-order valence-corrected chi connectivity index (χ3v) is 5.95. The summed E-state index contributed by atoms with van der Waals surface area (Å²) in [6.07, 6.45) is 2.91. The van der Waals surface area contributed by atoms with Gasteiger partial charge in [0.05, 0.1) is 12.2 Å². The molecule has 2 aliphatic heterocycles. The van der Waals surface area contributed by atoms with E-state index in [1.54, 1.807) is 23.2 Å². The zero-order chi connectivity index (χ0) is 25.4. The molecule has 1 aromatic rings. The number of rotatable bonds is 7. The largest absolute Gasteiger partial charge is 0.444 e. The number of hydrogen-bond acceptors (Lipinski definition) is 7. The first kappa shape index (κ1) is 26.6. The number of amides is 2. The predicted octanol–water partition coefficient (Wildman–Crippen LogP) is 2.46. The van der Waals surface area contributed by atoms with Crippen LogP contribution in [0.4, 0.5) is 9.18 Å². The molecule has 0 bridgehead atoms. The molecule has 2 heterocycles. The van der Waals surface area contributed by atoms with Gasteiger partial charge in [0.2, 0.25) is 5.91 Å². The Morgan fingerprint density at radius 1 is 1.11 bits per heavy atom. The van der Waals surface area contributed by atoms with Crippen LogP contribution in [0.1, 0.15) is 39.2 Å². The van der Waals surface area contributed by atoms with Crippen molar-refractivity contribution in [1.29, 1.82) is 0 Å². The predicted molar refractivity (Wildman–Crippen MR) is 134 cm³/mol. The molecule has 0 aromatic heterocycles. The highest BCUT2D eigenvalue weighted by Crippen LogP contribution is 2.16. The number of nitrogens with one attached hydrogen (secondary N) is 2. The second-order valence-electron chi connectivity index (χ2n) is 9.90. The standard InChI is InChI=1S/C25H37FN6O3/c1-25(2,3)35-24(34)31-11-9-21(10-12-31)29-23(33)18-30-13-15-32(16-14-30)28-17-22(27-4)19-5-7-20(26)8-6-19/h5-8,17,21,28H,4,9-16,18H2,1-3H3,(H,29,33)/b22-17-. The Balaban J connectivity index is 1.35. The van der Waals surface area contributed by atoms with Crippen LogP contribution in [0.15, 0.2) is 35.5 Å². The summed E-state index contributed by atoms with van der Waals surface area (Å²) in [7, 11) is 0. The molecule has 1 aromatic carbocycles. The van der Waals surface area contributed by atoms with Gasteiger partial charge in [-0.05, 0) is 64.6 Å². The molecule has 9 nitrogen and oxygen atoms in total. The van der Waals surface area contributed by atoms with Gasteiger partial charge in [-0.3, -0.25) is 14.7 Å². The van der Waals surface area contributed by atoms with E-state index in [0.717, 1.165) is 44.6 Å². The number of ether oxygens (including phenoxy) is 1. The average molecular weight is 489 g/mol. The van der Waals surface area contributed by atoms with Crippen molar-refractivity contribution in [3.8, 4) is 0 Å². The number of carbonyl (C=O) groups excluding carboxylic acids is 2. The summed E-state index contributed by atoms with van der Waals surface area (Å²) in [4.78, 5) is 32.6. The minimum Gasteiger partial charge on any atom is -0.444 e. The number of carbonyl (C=O) groups is 2. The molecule has 192 valence electrons. The third-order valence-electron chi connectivity index (χ3n) is 5.95. The van der Waals surface area contributed by atoms with Crippen molar-refractivity contribution in [3.05, 3.63) is 41.8 Å². The van der Waals surface area contributed by atoms with E-state index in [4.69, 9.17) is 4.74 Å². The lowest BCUT2D eigenvalue weighted by atomic mass is 10.1. The van der Waals surface area contributed by atoms with E-state index in [2.05, 4.69) is 32.4 Å². The molecule has 35 heavy (non-hydrogen) atoms. The zero-order valence-corrected chi connectivity index (χ0v) is 20.9. The zero-order valence-electron chi connectivity index (χ0n) is 20.9. The van der Waals surface area contributed by atoms with Crippen LogP contribution >= 0.6 is 0 Å². The molecule has 10 heteroatoms. The maximum atomic E-state index is 13.1. The first-order valence-corrected chi connectivity index (χ1v) is 12.1. The second-order valence-corrected chi connectivity index (χ2v) is 9.90. The topological polar surface area (TPSA) is 89.5 Å². The molecule has 0 saturated carbocycles. The molecule has 2 saturated heterocycles. The quantitative estimate of drug-likeness (QED) is 0.574. The highest BCUT2D eigenvalue weighted by atomic mass is 19.1. The van der Waals surface area contributed by atoms with Crippen LogP contribution in [-0.2, 0) is 9.53 Å². The monoisotopic (exact) mass is 488 g/mol.